The Morgan fingerprint density at radius 2 is 1.94 bits per heavy atom. The second-order valence-corrected chi connectivity index (χ2v) is 6.91. The van der Waals surface area contributed by atoms with Gasteiger partial charge in [0.25, 0.3) is 0 Å². The lowest BCUT2D eigenvalue weighted by Crippen LogP contribution is -2.32. The lowest BCUT2D eigenvalue weighted by molar-refractivity contribution is 0.559. The van der Waals surface area contributed by atoms with Gasteiger partial charge in [-0.3, -0.25) is 0 Å². The van der Waals surface area contributed by atoms with Gasteiger partial charge in [0.2, 0.25) is 0 Å². The lowest BCUT2D eigenvalue weighted by Gasteiger charge is -2.24. The van der Waals surface area contributed by atoms with Gasteiger partial charge in [-0.15, -0.1) is 0 Å². The summed E-state index contributed by atoms with van der Waals surface area (Å²) in [6.45, 7) is 0. The van der Waals surface area contributed by atoms with Crippen LogP contribution in [0.5, 0.6) is 0 Å². The molecular weight excluding hydrogens is 265 g/mol. The van der Waals surface area contributed by atoms with Crippen LogP contribution in [0.1, 0.15) is 12.8 Å². The topological polar surface area (TPSA) is 46.2 Å². The van der Waals surface area contributed by atoms with E-state index in [1.165, 1.54) is 12.1 Å². The molecule has 0 radical (unpaired) electrons. The molecule has 94 valence electrons. The van der Waals surface area contributed by atoms with E-state index in [0.717, 1.165) is 5.69 Å². The van der Waals surface area contributed by atoms with E-state index >= 15 is 0 Å². The Morgan fingerprint density at radius 1 is 1.29 bits per heavy atom. The summed E-state index contributed by atoms with van der Waals surface area (Å²) in [6, 6.07) is 4.52. The number of anilines is 1. The quantitative estimate of drug-likeness (QED) is 0.903. The van der Waals surface area contributed by atoms with E-state index in [1.54, 1.807) is 6.07 Å². The molecule has 2 rings (SSSR count). The predicted octanol–water partition coefficient (Wildman–Crippen LogP) is 2.47. The molecule has 1 aromatic carbocycles. The Bertz CT molecular complexity index is 504. The highest BCUT2D eigenvalue weighted by molar-refractivity contribution is 7.91. The smallest absolute Gasteiger partial charge is 0.150 e. The standard InChI is InChI=1S/C11H13ClFNO2S/c12-10-7-9(1-2-11(10)13)14-8-3-5-17(15,16)6-4-8/h1-2,7-8,14H,3-6H2. The molecule has 0 bridgehead atoms. The largest absolute Gasteiger partial charge is 0.382 e. The molecule has 1 N–H and O–H groups in total. The first-order valence-corrected chi connectivity index (χ1v) is 7.58. The van der Waals surface area contributed by atoms with Crippen molar-refractivity contribution in [1.82, 2.24) is 0 Å². The SMILES string of the molecule is O=S1(=O)CCC(Nc2ccc(F)c(Cl)c2)CC1. The molecule has 0 unspecified atom stereocenters. The summed E-state index contributed by atoms with van der Waals surface area (Å²) in [7, 11) is -2.85. The fourth-order valence-electron chi connectivity index (χ4n) is 1.86. The average Bonchev–Trinajstić information content (AvgIpc) is 2.27. The molecule has 6 heteroatoms. The Labute approximate surface area is 105 Å². The van der Waals surface area contributed by atoms with Gasteiger partial charge in [0, 0.05) is 11.7 Å². The number of benzene rings is 1. The predicted molar refractivity (Wildman–Crippen MR) is 66.7 cm³/mol. The monoisotopic (exact) mass is 277 g/mol. The zero-order valence-electron chi connectivity index (χ0n) is 9.12. The maximum atomic E-state index is 12.9. The molecule has 17 heavy (non-hydrogen) atoms. The maximum Gasteiger partial charge on any atom is 0.150 e. The van der Waals surface area contributed by atoms with E-state index in [-0.39, 0.29) is 22.6 Å². The van der Waals surface area contributed by atoms with Crippen LogP contribution < -0.4 is 5.32 Å². The van der Waals surface area contributed by atoms with Gasteiger partial charge < -0.3 is 5.32 Å². The minimum Gasteiger partial charge on any atom is -0.382 e. The van der Waals surface area contributed by atoms with Gasteiger partial charge in [-0.1, -0.05) is 11.6 Å². The number of sulfone groups is 1. The van der Waals surface area contributed by atoms with Crippen molar-refractivity contribution < 1.29 is 12.8 Å². The van der Waals surface area contributed by atoms with Crippen LogP contribution in [0.15, 0.2) is 18.2 Å². The third kappa shape index (κ3) is 3.33. The molecule has 3 nitrogen and oxygen atoms in total. The molecule has 0 atom stereocenters. The second kappa shape index (κ2) is 4.82. The summed E-state index contributed by atoms with van der Waals surface area (Å²) in [5, 5.41) is 3.24. The van der Waals surface area contributed by atoms with Crippen molar-refractivity contribution in [1.29, 1.82) is 0 Å². The van der Waals surface area contributed by atoms with Crippen LogP contribution in [0.4, 0.5) is 10.1 Å². The number of hydrogen-bond donors (Lipinski definition) is 1. The van der Waals surface area contributed by atoms with Crippen molar-refractivity contribution in [2.45, 2.75) is 18.9 Å². The molecule has 0 aromatic heterocycles. The van der Waals surface area contributed by atoms with Gasteiger partial charge in [-0.25, -0.2) is 12.8 Å². The zero-order chi connectivity index (χ0) is 12.5. The van der Waals surface area contributed by atoms with Crippen molar-refractivity contribution in [3.05, 3.63) is 29.0 Å². The number of halogens is 2. The van der Waals surface area contributed by atoms with E-state index in [9.17, 15) is 12.8 Å². The summed E-state index contributed by atoms with van der Waals surface area (Å²) in [4.78, 5) is 0. The van der Waals surface area contributed by atoms with Gasteiger partial charge in [-0.05, 0) is 31.0 Å². The minimum absolute atomic E-state index is 0.0680. The van der Waals surface area contributed by atoms with Crippen LogP contribution in [-0.4, -0.2) is 26.0 Å². The molecule has 0 aliphatic carbocycles. The Balaban J connectivity index is 2.00. The maximum absolute atomic E-state index is 12.9. The number of hydrogen-bond acceptors (Lipinski definition) is 3. The van der Waals surface area contributed by atoms with E-state index in [0.29, 0.717) is 12.8 Å². The van der Waals surface area contributed by atoms with E-state index in [1.807, 2.05) is 0 Å². The van der Waals surface area contributed by atoms with Crippen molar-refractivity contribution in [3.8, 4) is 0 Å². The van der Waals surface area contributed by atoms with E-state index < -0.39 is 15.7 Å². The molecule has 1 aliphatic heterocycles. The van der Waals surface area contributed by atoms with Crippen LogP contribution in [0.2, 0.25) is 5.02 Å². The Morgan fingerprint density at radius 3 is 2.53 bits per heavy atom. The molecule has 1 aromatic rings. The van der Waals surface area contributed by atoms with E-state index in [2.05, 4.69) is 5.32 Å². The molecule has 1 heterocycles. The minimum atomic E-state index is -2.85. The number of rotatable bonds is 2. The third-order valence-electron chi connectivity index (χ3n) is 2.85. The van der Waals surface area contributed by atoms with Crippen LogP contribution in [0.3, 0.4) is 0 Å². The summed E-state index contributed by atoms with van der Waals surface area (Å²) in [6.07, 6.45) is 1.16. The average molecular weight is 278 g/mol. The second-order valence-electron chi connectivity index (χ2n) is 4.20. The fraction of sp³-hybridized carbons (Fsp3) is 0.455. The van der Waals surface area contributed by atoms with Gasteiger partial charge in [0.15, 0.2) is 0 Å². The summed E-state index contributed by atoms with van der Waals surface area (Å²) in [5.41, 5.74) is 0.723. The van der Waals surface area contributed by atoms with Crippen molar-refractivity contribution in [3.63, 3.8) is 0 Å². The van der Waals surface area contributed by atoms with Crippen LogP contribution in [0.25, 0.3) is 0 Å². The zero-order valence-corrected chi connectivity index (χ0v) is 10.7. The molecule has 1 fully saturated rings. The van der Waals surface area contributed by atoms with Crippen molar-refractivity contribution >= 4 is 27.1 Å². The molecule has 1 aliphatic rings. The van der Waals surface area contributed by atoms with Crippen LogP contribution in [0, 0.1) is 5.82 Å². The van der Waals surface area contributed by atoms with Gasteiger partial charge in [0.05, 0.1) is 16.5 Å². The van der Waals surface area contributed by atoms with Crippen LogP contribution in [-0.2, 0) is 9.84 Å². The fourth-order valence-corrected chi connectivity index (χ4v) is 3.53. The highest BCUT2D eigenvalue weighted by Gasteiger charge is 2.23. The highest BCUT2D eigenvalue weighted by Crippen LogP contribution is 2.22. The first-order valence-electron chi connectivity index (χ1n) is 5.38. The molecule has 0 spiro atoms. The summed E-state index contributed by atoms with van der Waals surface area (Å²) < 4.78 is 35.4. The first kappa shape index (κ1) is 12.6. The lowest BCUT2D eigenvalue weighted by atomic mass is 10.1. The summed E-state index contributed by atoms with van der Waals surface area (Å²) >= 11 is 5.67. The number of nitrogens with one attached hydrogen (secondary N) is 1. The third-order valence-corrected chi connectivity index (χ3v) is 4.85. The molecule has 0 saturated carbocycles. The Kier molecular flexibility index (Phi) is 3.58. The highest BCUT2D eigenvalue weighted by atomic mass is 35.5. The molecule has 0 amide bonds. The van der Waals surface area contributed by atoms with Crippen LogP contribution >= 0.6 is 11.6 Å². The van der Waals surface area contributed by atoms with Crippen molar-refractivity contribution in [2.24, 2.45) is 0 Å². The molecular formula is C11H13ClFNO2S. The van der Waals surface area contributed by atoms with Gasteiger partial charge in [0.1, 0.15) is 15.7 Å². The summed E-state index contributed by atoms with van der Waals surface area (Å²) in [5.74, 6) is -0.0393. The van der Waals surface area contributed by atoms with Gasteiger partial charge in [-0.2, -0.15) is 0 Å². The molecule has 1 saturated heterocycles. The normalized spacial score (nSPS) is 20.1. The Hall–Kier alpha value is -0.810. The van der Waals surface area contributed by atoms with E-state index in [4.69, 9.17) is 11.6 Å². The first-order chi connectivity index (χ1) is 7.96. The van der Waals surface area contributed by atoms with Crippen molar-refractivity contribution in [2.75, 3.05) is 16.8 Å². The van der Waals surface area contributed by atoms with Gasteiger partial charge >= 0.3 is 0 Å².